The maximum Gasteiger partial charge on any atom is 0.269 e. The number of para-hydroxylation sites is 1. The lowest BCUT2D eigenvalue weighted by molar-refractivity contribution is -0.384. The minimum Gasteiger partial charge on any atom is -0.490 e. The van der Waals surface area contributed by atoms with E-state index in [0.717, 1.165) is 17.3 Å². The van der Waals surface area contributed by atoms with Crippen LogP contribution in [-0.4, -0.2) is 22.6 Å². The molecule has 0 spiro atoms. The number of nitro benzene ring substituents is 1. The molecule has 0 aliphatic carbocycles. The molecule has 1 aliphatic heterocycles. The average molecular weight is 494 g/mol. The molecule has 0 saturated carbocycles. The van der Waals surface area contributed by atoms with Crippen LogP contribution in [0.15, 0.2) is 76.6 Å². The molecule has 8 nitrogen and oxygen atoms in total. The second-order valence-electron chi connectivity index (χ2n) is 7.28. The lowest BCUT2D eigenvalue weighted by atomic mass is 10.1. The van der Waals surface area contributed by atoms with E-state index in [9.17, 15) is 19.3 Å². The predicted octanol–water partition coefficient (Wildman–Crippen LogP) is 5.60. The quantitative estimate of drug-likeness (QED) is 0.249. The SMILES string of the molecule is CCOc1cc(/C=C2\SC(=Nc3ccccc3F)NC2=O)ccc1OCc1ccc([N+](=O)[O-])cc1. The maximum atomic E-state index is 13.9. The molecule has 0 aromatic heterocycles. The molecule has 1 aliphatic rings. The van der Waals surface area contributed by atoms with Gasteiger partial charge in [0.15, 0.2) is 16.7 Å². The van der Waals surface area contributed by atoms with Crippen LogP contribution >= 0.6 is 11.8 Å². The smallest absolute Gasteiger partial charge is 0.269 e. The summed E-state index contributed by atoms with van der Waals surface area (Å²) in [5.41, 5.74) is 1.63. The number of non-ortho nitro benzene ring substituents is 1. The third kappa shape index (κ3) is 6.04. The van der Waals surface area contributed by atoms with Crippen LogP contribution < -0.4 is 14.8 Å². The third-order valence-electron chi connectivity index (χ3n) is 4.83. The number of nitro groups is 1. The number of hydrogen-bond donors (Lipinski definition) is 1. The van der Waals surface area contributed by atoms with E-state index < -0.39 is 10.7 Å². The maximum absolute atomic E-state index is 13.9. The Hall–Kier alpha value is -4.18. The molecule has 0 bridgehead atoms. The van der Waals surface area contributed by atoms with Gasteiger partial charge < -0.3 is 14.8 Å². The molecule has 1 fully saturated rings. The predicted molar refractivity (Wildman–Crippen MR) is 132 cm³/mol. The van der Waals surface area contributed by atoms with Crippen LogP contribution in [0.25, 0.3) is 6.08 Å². The molecular weight excluding hydrogens is 473 g/mol. The summed E-state index contributed by atoms with van der Waals surface area (Å²) in [6.07, 6.45) is 1.69. The van der Waals surface area contributed by atoms with Crippen LogP contribution in [0, 0.1) is 15.9 Å². The summed E-state index contributed by atoms with van der Waals surface area (Å²) in [7, 11) is 0. The van der Waals surface area contributed by atoms with Crippen LogP contribution in [0.4, 0.5) is 15.8 Å². The number of thioether (sulfide) groups is 1. The summed E-state index contributed by atoms with van der Waals surface area (Å²) in [4.78, 5) is 27.3. The van der Waals surface area contributed by atoms with Crippen molar-refractivity contribution in [1.82, 2.24) is 5.32 Å². The third-order valence-corrected chi connectivity index (χ3v) is 5.74. The van der Waals surface area contributed by atoms with Crippen molar-refractivity contribution in [3.63, 3.8) is 0 Å². The molecule has 4 rings (SSSR count). The van der Waals surface area contributed by atoms with Crippen LogP contribution in [0.3, 0.4) is 0 Å². The Morgan fingerprint density at radius 1 is 1.09 bits per heavy atom. The number of rotatable bonds is 8. The molecule has 0 unspecified atom stereocenters. The summed E-state index contributed by atoms with van der Waals surface area (Å²) in [6, 6.07) is 17.4. The molecule has 0 atom stereocenters. The highest BCUT2D eigenvalue weighted by Gasteiger charge is 2.24. The van der Waals surface area contributed by atoms with Crippen molar-refractivity contribution in [3.8, 4) is 11.5 Å². The Morgan fingerprint density at radius 3 is 2.57 bits per heavy atom. The summed E-state index contributed by atoms with van der Waals surface area (Å²) >= 11 is 1.12. The highest BCUT2D eigenvalue weighted by atomic mass is 32.2. The van der Waals surface area contributed by atoms with Crippen LogP contribution in [0.2, 0.25) is 0 Å². The van der Waals surface area contributed by atoms with E-state index in [1.165, 1.54) is 24.3 Å². The van der Waals surface area contributed by atoms with E-state index in [0.29, 0.717) is 33.7 Å². The minimum atomic E-state index is -0.474. The summed E-state index contributed by atoms with van der Waals surface area (Å²) < 4.78 is 25.4. The molecule has 3 aromatic rings. The second-order valence-corrected chi connectivity index (χ2v) is 8.32. The van der Waals surface area contributed by atoms with Gasteiger partial charge in [-0.15, -0.1) is 0 Å². The number of carbonyl (C=O) groups excluding carboxylic acids is 1. The highest BCUT2D eigenvalue weighted by Crippen LogP contribution is 2.33. The van der Waals surface area contributed by atoms with E-state index in [1.54, 1.807) is 48.5 Å². The lowest BCUT2D eigenvalue weighted by Crippen LogP contribution is -2.19. The second kappa shape index (κ2) is 10.8. The number of amidine groups is 1. The van der Waals surface area contributed by atoms with E-state index in [-0.39, 0.29) is 23.9 Å². The van der Waals surface area contributed by atoms with Gasteiger partial charge >= 0.3 is 0 Å². The standard InChI is InChI=1S/C25H20FN3O5S/c1-2-33-22-13-17(9-12-21(22)34-15-16-7-10-18(11-8-16)29(31)32)14-23-24(30)28-25(35-23)27-20-6-4-3-5-19(20)26/h3-14H,2,15H2,1H3,(H,27,28,30)/b23-14-. The van der Waals surface area contributed by atoms with Crippen molar-refractivity contribution in [3.05, 3.63) is 98.7 Å². The number of ether oxygens (including phenoxy) is 2. The van der Waals surface area contributed by atoms with Crippen molar-refractivity contribution in [1.29, 1.82) is 0 Å². The van der Waals surface area contributed by atoms with Crippen LogP contribution in [-0.2, 0) is 11.4 Å². The number of amides is 1. The van der Waals surface area contributed by atoms with Gasteiger partial charge in [0.25, 0.3) is 11.6 Å². The fourth-order valence-corrected chi connectivity index (χ4v) is 4.00. The molecule has 1 saturated heterocycles. The largest absolute Gasteiger partial charge is 0.490 e. The number of benzene rings is 3. The number of carbonyl (C=O) groups is 1. The van der Waals surface area contributed by atoms with E-state index in [2.05, 4.69) is 10.3 Å². The van der Waals surface area contributed by atoms with Crippen molar-refractivity contribution in [2.24, 2.45) is 4.99 Å². The van der Waals surface area contributed by atoms with Gasteiger partial charge in [0.2, 0.25) is 0 Å². The van der Waals surface area contributed by atoms with Gasteiger partial charge in [-0.25, -0.2) is 9.38 Å². The number of nitrogens with zero attached hydrogens (tertiary/aromatic N) is 2. The van der Waals surface area contributed by atoms with Crippen molar-refractivity contribution in [2.75, 3.05) is 6.61 Å². The zero-order chi connectivity index (χ0) is 24.8. The molecule has 1 N–H and O–H groups in total. The number of halogens is 1. The summed E-state index contributed by atoms with van der Waals surface area (Å²) in [5.74, 6) is 0.185. The van der Waals surface area contributed by atoms with Gasteiger partial charge in [0.1, 0.15) is 18.1 Å². The first kappa shape index (κ1) is 24.0. The Balaban J connectivity index is 1.49. The molecule has 178 valence electrons. The van der Waals surface area contributed by atoms with E-state index >= 15 is 0 Å². The highest BCUT2D eigenvalue weighted by molar-refractivity contribution is 8.18. The minimum absolute atomic E-state index is 0.0112. The zero-order valence-corrected chi connectivity index (χ0v) is 19.4. The Labute approximate surface area is 204 Å². The summed E-state index contributed by atoms with van der Waals surface area (Å²) in [6.45, 7) is 2.45. The fourth-order valence-electron chi connectivity index (χ4n) is 3.16. The van der Waals surface area contributed by atoms with Crippen molar-refractivity contribution in [2.45, 2.75) is 13.5 Å². The Bertz CT molecular complexity index is 1320. The Kier molecular flexibility index (Phi) is 7.41. The molecule has 3 aromatic carbocycles. The first-order chi connectivity index (χ1) is 16.9. The van der Waals surface area contributed by atoms with E-state index in [1.807, 2.05) is 6.92 Å². The summed E-state index contributed by atoms with van der Waals surface area (Å²) in [5, 5.41) is 13.7. The van der Waals surface area contributed by atoms with Gasteiger partial charge in [-0.3, -0.25) is 14.9 Å². The van der Waals surface area contributed by atoms with E-state index in [4.69, 9.17) is 9.47 Å². The average Bonchev–Trinajstić information content (AvgIpc) is 3.19. The Morgan fingerprint density at radius 2 is 1.86 bits per heavy atom. The number of aliphatic imine (C=N–C) groups is 1. The number of nitrogens with one attached hydrogen (secondary N) is 1. The first-order valence-corrected chi connectivity index (χ1v) is 11.4. The zero-order valence-electron chi connectivity index (χ0n) is 18.6. The van der Waals surface area contributed by atoms with Crippen LogP contribution in [0.5, 0.6) is 11.5 Å². The monoisotopic (exact) mass is 493 g/mol. The topological polar surface area (TPSA) is 103 Å². The molecule has 35 heavy (non-hydrogen) atoms. The van der Waals surface area contributed by atoms with Crippen molar-refractivity contribution < 1.29 is 23.6 Å². The van der Waals surface area contributed by atoms with Gasteiger partial charge in [0, 0.05) is 12.1 Å². The normalized spacial score (nSPS) is 15.3. The van der Waals surface area contributed by atoms with Gasteiger partial charge in [-0.1, -0.05) is 18.2 Å². The van der Waals surface area contributed by atoms with Gasteiger partial charge in [-0.05, 0) is 72.3 Å². The fraction of sp³-hybridized carbons (Fsp3) is 0.120. The van der Waals surface area contributed by atoms with Crippen molar-refractivity contribution >= 4 is 40.3 Å². The van der Waals surface area contributed by atoms with Gasteiger partial charge in [0.05, 0.1) is 16.4 Å². The molecular formula is C25H20FN3O5S. The first-order valence-electron chi connectivity index (χ1n) is 10.6. The molecule has 1 heterocycles. The van der Waals surface area contributed by atoms with Crippen LogP contribution in [0.1, 0.15) is 18.1 Å². The molecule has 1 amide bonds. The number of hydrogen-bond acceptors (Lipinski definition) is 7. The lowest BCUT2D eigenvalue weighted by Gasteiger charge is -2.13. The molecule has 0 radical (unpaired) electrons. The van der Waals surface area contributed by atoms with Gasteiger partial charge in [-0.2, -0.15) is 0 Å². The molecule has 10 heteroatoms.